The Morgan fingerprint density at radius 3 is 2.96 bits per heavy atom. The Labute approximate surface area is 143 Å². The fraction of sp³-hybridized carbons (Fsp3) is 0.294. The van der Waals surface area contributed by atoms with Crippen molar-refractivity contribution in [3.05, 3.63) is 53.2 Å². The molecular formula is C17H16N4O4. The van der Waals surface area contributed by atoms with E-state index in [0.29, 0.717) is 40.0 Å². The van der Waals surface area contributed by atoms with Crippen LogP contribution in [0.5, 0.6) is 5.88 Å². The van der Waals surface area contributed by atoms with Gasteiger partial charge in [0.2, 0.25) is 5.88 Å². The molecule has 0 radical (unpaired) electrons. The van der Waals surface area contributed by atoms with Gasteiger partial charge < -0.3 is 13.9 Å². The van der Waals surface area contributed by atoms with E-state index in [0.717, 1.165) is 0 Å². The highest BCUT2D eigenvalue weighted by Gasteiger charge is 2.39. The highest BCUT2D eigenvalue weighted by molar-refractivity contribution is 5.93. The lowest BCUT2D eigenvalue weighted by molar-refractivity contribution is -0.139. The first-order valence-corrected chi connectivity index (χ1v) is 7.91. The Balaban J connectivity index is 2.00. The summed E-state index contributed by atoms with van der Waals surface area (Å²) >= 11 is 0. The standard InChI is InChI=1S/C17H16N4O4/c1-4-23-17(22)12-9(2)25-16-14(13(12)11-6-5-7-24-11)15-19-10(3)20-21(15)8-18-16/h5-8,13H,4H2,1-3H3/t13-/m1/s1. The van der Waals surface area contributed by atoms with E-state index in [4.69, 9.17) is 13.9 Å². The zero-order valence-corrected chi connectivity index (χ0v) is 14.0. The molecule has 0 saturated heterocycles. The fourth-order valence-electron chi connectivity index (χ4n) is 3.06. The Kier molecular flexibility index (Phi) is 3.52. The molecule has 8 heteroatoms. The van der Waals surface area contributed by atoms with Crippen LogP contribution in [0.2, 0.25) is 0 Å². The van der Waals surface area contributed by atoms with Gasteiger partial charge >= 0.3 is 5.97 Å². The van der Waals surface area contributed by atoms with E-state index >= 15 is 0 Å². The summed E-state index contributed by atoms with van der Waals surface area (Å²) in [7, 11) is 0. The van der Waals surface area contributed by atoms with Gasteiger partial charge in [0.15, 0.2) is 5.65 Å². The van der Waals surface area contributed by atoms with Crippen LogP contribution >= 0.6 is 0 Å². The number of furan rings is 1. The number of ether oxygens (including phenoxy) is 2. The van der Waals surface area contributed by atoms with Gasteiger partial charge in [-0.3, -0.25) is 0 Å². The van der Waals surface area contributed by atoms with Crippen LogP contribution in [0.1, 0.15) is 36.9 Å². The molecule has 8 nitrogen and oxygen atoms in total. The van der Waals surface area contributed by atoms with Gasteiger partial charge in [-0.2, -0.15) is 5.10 Å². The predicted octanol–water partition coefficient (Wildman–Crippen LogP) is 2.39. The zero-order valence-electron chi connectivity index (χ0n) is 14.0. The maximum atomic E-state index is 12.6. The molecule has 25 heavy (non-hydrogen) atoms. The fourth-order valence-corrected chi connectivity index (χ4v) is 3.06. The molecule has 1 atom stereocenters. The van der Waals surface area contributed by atoms with Gasteiger partial charge in [0, 0.05) is 0 Å². The maximum Gasteiger partial charge on any atom is 0.338 e. The minimum atomic E-state index is -0.530. The lowest BCUT2D eigenvalue weighted by atomic mass is 9.87. The summed E-state index contributed by atoms with van der Waals surface area (Å²) in [4.78, 5) is 21.4. The van der Waals surface area contributed by atoms with Crippen molar-refractivity contribution in [3.8, 4) is 5.88 Å². The number of hydrogen-bond donors (Lipinski definition) is 0. The lowest BCUT2D eigenvalue weighted by Gasteiger charge is -2.26. The number of hydrogen-bond acceptors (Lipinski definition) is 7. The predicted molar refractivity (Wildman–Crippen MR) is 86.0 cm³/mol. The van der Waals surface area contributed by atoms with Gasteiger partial charge in [-0.05, 0) is 32.9 Å². The molecule has 1 aliphatic rings. The lowest BCUT2D eigenvalue weighted by Crippen LogP contribution is -2.24. The minimum Gasteiger partial charge on any atom is -0.468 e. The second-order valence-electron chi connectivity index (χ2n) is 5.63. The van der Waals surface area contributed by atoms with E-state index in [1.54, 1.807) is 43.7 Å². The topological polar surface area (TPSA) is 91.8 Å². The van der Waals surface area contributed by atoms with Crippen molar-refractivity contribution in [2.24, 2.45) is 0 Å². The van der Waals surface area contributed by atoms with Gasteiger partial charge in [0.05, 0.1) is 29.9 Å². The van der Waals surface area contributed by atoms with Gasteiger partial charge in [0.25, 0.3) is 0 Å². The van der Waals surface area contributed by atoms with Crippen LogP contribution in [0.15, 0.2) is 40.5 Å². The van der Waals surface area contributed by atoms with Crippen LogP contribution in [0, 0.1) is 6.92 Å². The van der Waals surface area contributed by atoms with Crippen molar-refractivity contribution in [3.63, 3.8) is 0 Å². The number of rotatable bonds is 3. The maximum absolute atomic E-state index is 12.6. The highest BCUT2D eigenvalue weighted by Crippen LogP contribution is 2.44. The van der Waals surface area contributed by atoms with Crippen molar-refractivity contribution in [2.45, 2.75) is 26.7 Å². The van der Waals surface area contributed by atoms with Crippen LogP contribution in [0.4, 0.5) is 0 Å². The molecule has 3 aromatic rings. The molecule has 4 heterocycles. The third-order valence-electron chi connectivity index (χ3n) is 4.02. The second kappa shape index (κ2) is 5.73. The summed E-state index contributed by atoms with van der Waals surface area (Å²) in [6.45, 7) is 5.53. The molecule has 0 bridgehead atoms. The Hall–Kier alpha value is -3.16. The molecule has 0 fully saturated rings. The summed E-state index contributed by atoms with van der Waals surface area (Å²) in [6.07, 6.45) is 3.10. The number of allylic oxidation sites excluding steroid dienone is 1. The molecule has 0 saturated carbocycles. The molecule has 1 aliphatic heterocycles. The average molecular weight is 340 g/mol. The summed E-state index contributed by atoms with van der Waals surface area (Å²) in [5.74, 6) is 1.01. The largest absolute Gasteiger partial charge is 0.468 e. The quantitative estimate of drug-likeness (QED) is 0.676. The molecule has 0 N–H and O–H groups in total. The van der Waals surface area contributed by atoms with Crippen LogP contribution in [-0.2, 0) is 9.53 Å². The van der Waals surface area contributed by atoms with Crippen LogP contribution in [0.25, 0.3) is 5.65 Å². The van der Waals surface area contributed by atoms with Crippen molar-refractivity contribution >= 4 is 11.6 Å². The van der Waals surface area contributed by atoms with Gasteiger partial charge in [-0.1, -0.05) is 0 Å². The van der Waals surface area contributed by atoms with E-state index in [1.807, 2.05) is 0 Å². The number of carbonyl (C=O) groups is 1. The zero-order chi connectivity index (χ0) is 17.6. The minimum absolute atomic E-state index is 0.264. The van der Waals surface area contributed by atoms with Crippen molar-refractivity contribution < 1.29 is 18.7 Å². The smallest absolute Gasteiger partial charge is 0.338 e. The summed E-state index contributed by atoms with van der Waals surface area (Å²) in [6, 6.07) is 3.57. The monoisotopic (exact) mass is 340 g/mol. The number of aryl methyl sites for hydroxylation is 1. The molecule has 0 aliphatic carbocycles. The van der Waals surface area contributed by atoms with Gasteiger partial charge in [-0.25, -0.2) is 19.3 Å². The van der Waals surface area contributed by atoms with E-state index in [1.165, 1.54) is 6.33 Å². The highest BCUT2D eigenvalue weighted by atomic mass is 16.5. The van der Waals surface area contributed by atoms with Crippen molar-refractivity contribution in [2.75, 3.05) is 6.61 Å². The Morgan fingerprint density at radius 1 is 1.40 bits per heavy atom. The van der Waals surface area contributed by atoms with E-state index in [9.17, 15) is 4.79 Å². The Morgan fingerprint density at radius 2 is 2.24 bits per heavy atom. The third-order valence-corrected chi connectivity index (χ3v) is 4.02. The number of aromatic nitrogens is 4. The van der Waals surface area contributed by atoms with Crippen molar-refractivity contribution in [1.29, 1.82) is 0 Å². The number of esters is 1. The normalized spacial score (nSPS) is 16.7. The number of fused-ring (bicyclic) bond motifs is 3. The molecule has 0 spiro atoms. The first-order valence-electron chi connectivity index (χ1n) is 7.91. The Bertz CT molecular complexity index is 988. The van der Waals surface area contributed by atoms with Crippen molar-refractivity contribution in [1.82, 2.24) is 19.6 Å². The van der Waals surface area contributed by atoms with E-state index < -0.39 is 11.9 Å². The first-order chi connectivity index (χ1) is 12.1. The second-order valence-corrected chi connectivity index (χ2v) is 5.63. The van der Waals surface area contributed by atoms with Crippen LogP contribution < -0.4 is 4.74 Å². The van der Waals surface area contributed by atoms with E-state index in [2.05, 4.69) is 15.1 Å². The third kappa shape index (κ3) is 2.37. The molecule has 0 amide bonds. The summed E-state index contributed by atoms with van der Waals surface area (Å²) < 4.78 is 18.2. The van der Waals surface area contributed by atoms with Gasteiger partial charge in [0.1, 0.15) is 23.7 Å². The first kappa shape index (κ1) is 15.4. The molecule has 4 rings (SSSR count). The van der Waals surface area contributed by atoms with Crippen LogP contribution in [0.3, 0.4) is 0 Å². The molecule has 128 valence electrons. The van der Waals surface area contributed by atoms with E-state index in [-0.39, 0.29) is 6.61 Å². The number of carbonyl (C=O) groups excluding carboxylic acids is 1. The average Bonchev–Trinajstić information content (AvgIpc) is 3.21. The van der Waals surface area contributed by atoms with Crippen LogP contribution in [-0.4, -0.2) is 32.2 Å². The number of nitrogens with zero attached hydrogens (tertiary/aromatic N) is 4. The molecule has 0 aromatic carbocycles. The molecular weight excluding hydrogens is 324 g/mol. The summed E-state index contributed by atoms with van der Waals surface area (Å²) in [5, 5.41) is 4.29. The molecule has 0 unspecified atom stereocenters. The summed E-state index contributed by atoms with van der Waals surface area (Å²) in [5.41, 5.74) is 1.57. The van der Waals surface area contributed by atoms with Gasteiger partial charge in [-0.15, -0.1) is 0 Å². The SMILES string of the molecule is CCOC(=O)C1=C(C)Oc2ncn3nc(C)nc3c2[C@@H]1c1ccco1. The molecule has 3 aromatic heterocycles.